The number of phenolic OH excluding ortho intramolecular Hbond substituents is 1. The molecule has 70 valence electrons. The molecular weight excluding hydrogens is 166 g/mol. The van der Waals surface area contributed by atoms with Crippen LogP contribution < -0.4 is 10.5 Å². The summed E-state index contributed by atoms with van der Waals surface area (Å²) >= 11 is 0. The van der Waals surface area contributed by atoms with E-state index in [0.717, 1.165) is 18.4 Å². The maximum atomic E-state index is 9.46. The third kappa shape index (κ3) is 1.47. The second-order valence-corrected chi connectivity index (χ2v) is 3.29. The summed E-state index contributed by atoms with van der Waals surface area (Å²) in [6, 6.07) is 5.46. The standard InChI is InChI=1S/C10H13NO2/c11-5-4-8-6-7-2-1-3-9(12)10(7)13-8/h1-3,8,12H,4-6,11H2. The molecule has 0 aliphatic carbocycles. The molecule has 0 amide bonds. The van der Waals surface area contributed by atoms with Crippen LogP contribution in [-0.4, -0.2) is 17.8 Å². The van der Waals surface area contributed by atoms with Gasteiger partial charge in [-0.15, -0.1) is 0 Å². The van der Waals surface area contributed by atoms with Crippen molar-refractivity contribution in [1.29, 1.82) is 0 Å². The van der Waals surface area contributed by atoms with Gasteiger partial charge in [-0.05, 0) is 19.0 Å². The van der Waals surface area contributed by atoms with Gasteiger partial charge in [0, 0.05) is 12.0 Å². The fourth-order valence-corrected chi connectivity index (χ4v) is 1.67. The summed E-state index contributed by atoms with van der Waals surface area (Å²) in [6.45, 7) is 0.624. The lowest BCUT2D eigenvalue weighted by Crippen LogP contribution is -2.17. The predicted molar refractivity (Wildman–Crippen MR) is 49.9 cm³/mol. The Morgan fingerprint density at radius 1 is 1.54 bits per heavy atom. The zero-order chi connectivity index (χ0) is 9.26. The van der Waals surface area contributed by atoms with Gasteiger partial charge in [0.25, 0.3) is 0 Å². The summed E-state index contributed by atoms with van der Waals surface area (Å²) in [6.07, 6.45) is 1.85. The molecule has 1 aliphatic rings. The van der Waals surface area contributed by atoms with Gasteiger partial charge in [-0.25, -0.2) is 0 Å². The maximum Gasteiger partial charge on any atom is 0.164 e. The van der Waals surface area contributed by atoms with Gasteiger partial charge in [0.05, 0.1) is 0 Å². The first-order valence-corrected chi connectivity index (χ1v) is 4.49. The van der Waals surface area contributed by atoms with Gasteiger partial charge >= 0.3 is 0 Å². The molecule has 2 rings (SSSR count). The first-order valence-electron chi connectivity index (χ1n) is 4.49. The monoisotopic (exact) mass is 179 g/mol. The summed E-state index contributed by atoms with van der Waals surface area (Å²) in [5.74, 6) is 0.873. The molecule has 0 aromatic heterocycles. The van der Waals surface area contributed by atoms with Crippen LogP contribution in [-0.2, 0) is 6.42 Å². The summed E-state index contributed by atoms with van der Waals surface area (Å²) in [5, 5.41) is 9.46. The number of fused-ring (bicyclic) bond motifs is 1. The molecule has 1 unspecified atom stereocenters. The first-order chi connectivity index (χ1) is 6.31. The summed E-state index contributed by atoms with van der Waals surface area (Å²) < 4.78 is 5.55. The van der Waals surface area contributed by atoms with Crippen LogP contribution >= 0.6 is 0 Å². The smallest absolute Gasteiger partial charge is 0.164 e. The summed E-state index contributed by atoms with van der Waals surface area (Å²) in [7, 11) is 0. The average molecular weight is 179 g/mol. The van der Waals surface area contributed by atoms with Crippen molar-refractivity contribution in [1.82, 2.24) is 0 Å². The van der Waals surface area contributed by atoms with Crippen LogP contribution in [0.15, 0.2) is 18.2 Å². The van der Waals surface area contributed by atoms with E-state index in [4.69, 9.17) is 10.5 Å². The second-order valence-electron chi connectivity index (χ2n) is 3.29. The number of rotatable bonds is 2. The van der Waals surface area contributed by atoms with Gasteiger partial charge in [-0.3, -0.25) is 0 Å². The van der Waals surface area contributed by atoms with Gasteiger partial charge < -0.3 is 15.6 Å². The zero-order valence-electron chi connectivity index (χ0n) is 7.36. The van der Waals surface area contributed by atoms with E-state index in [1.165, 1.54) is 0 Å². The minimum atomic E-state index is 0.147. The van der Waals surface area contributed by atoms with E-state index in [1.54, 1.807) is 6.07 Å². The third-order valence-corrected chi connectivity index (χ3v) is 2.30. The molecule has 3 nitrogen and oxygen atoms in total. The van der Waals surface area contributed by atoms with E-state index in [1.807, 2.05) is 12.1 Å². The molecule has 1 heterocycles. The van der Waals surface area contributed by atoms with E-state index in [2.05, 4.69) is 0 Å². The number of hydrogen-bond donors (Lipinski definition) is 2. The molecule has 0 radical (unpaired) electrons. The molecule has 0 spiro atoms. The maximum absolute atomic E-state index is 9.46. The number of para-hydroxylation sites is 1. The van der Waals surface area contributed by atoms with Gasteiger partial charge in [-0.1, -0.05) is 12.1 Å². The Morgan fingerprint density at radius 2 is 2.38 bits per heavy atom. The highest BCUT2D eigenvalue weighted by atomic mass is 16.5. The molecule has 0 saturated carbocycles. The Morgan fingerprint density at radius 3 is 3.08 bits per heavy atom. The third-order valence-electron chi connectivity index (χ3n) is 2.30. The van der Waals surface area contributed by atoms with Crippen molar-refractivity contribution in [2.24, 2.45) is 5.73 Å². The molecule has 3 heteroatoms. The molecular formula is C10H13NO2. The van der Waals surface area contributed by atoms with Crippen molar-refractivity contribution < 1.29 is 9.84 Å². The van der Waals surface area contributed by atoms with Crippen molar-refractivity contribution in [2.45, 2.75) is 18.9 Å². The highest BCUT2D eigenvalue weighted by molar-refractivity contribution is 5.48. The molecule has 13 heavy (non-hydrogen) atoms. The topological polar surface area (TPSA) is 55.5 Å². The minimum Gasteiger partial charge on any atom is -0.504 e. The van der Waals surface area contributed by atoms with E-state index >= 15 is 0 Å². The van der Waals surface area contributed by atoms with E-state index in [9.17, 15) is 5.11 Å². The lowest BCUT2D eigenvalue weighted by molar-refractivity contribution is 0.217. The number of phenols is 1. The van der Waals surface area contributed by atoms with Gasteiger partial charge in [0.15, 0.2) is 11.5 Å². The first kappa shape index (κ1) is 8.38. The lowest BCUT2D eigenvalue weighted by Gasteiger charge is -2.08. The van der Waals surface area contributed by atoms with Crippen LogP contribution in [0.1, 0.15) is 12.0 Å². The highest BCUT2D eigenvalue weighted by Gasteiger charge is 2.24. The Hall–Kier alpha value is -1.22. The van der Waals surface area contributed by atoms with Crippen molar-refractivity contribution in [3.05, 3.63) is 23.8 Å². The molecule has 1 aromatic carbocycles. The number of benzene rings is 1. The van der Waals surface area contributed by atoms with Gasteiger partial charge in [0.1, 0.15) is 6.10 Å². The van der Waals surface area contributed by atoms with Crippen molar-refractivity contribution >= 4 is 0 Å². The van der Waals surface area contributed by atoms with Crippen LogP contribution in [0.3, 0.4) is 0 Å². The van der Waals surface area contributed by atoms with Gasteiger partial charge in [0.2, 0.25) is 0 Å². The van der Waals surface area contributed by atoms with Crippen LogP contribution in [0, 0.1) is 0 Å². The minimum absolute atomic E-state index is 0.147. The van der Waals surface area contributed by atoms with E-state index in [-0.39, 0.29) is 11.9 Å². The molecule has 1 aliphatic heterocycles. The van der Waals surface area contributed by atoms with Crippen LogP contribution in [0.25, 0.3) is 0 Å². The Bertz CT molecular complexity index is 312. The highest BCUT2D eigenvalue weighted by Crippen LogP contribution is 2.37. The second kappa shape index (κ2) is 3.26. The average Bonchev–Trinajstić information content (AvgIpc) is 2.49. The van der Waals surface area contributed by atoms with Crippen molar-refractivity contribution in [3.8, 4) is 11.5 Å². The van der Waals surface area contributed by atoms with Crippen LogP contribution in [0.5, 0.6) is 11.5 Å². The molecule has 0 bridgehead atoms. The van der Waals surface area contributed by atoms with Gasteiger partial charge in [-0.2, -0.15) is 0 Å². The van der Waals surface area contributed by atoms with E-state index in [0.29, 0.717) is 12.3 Å². The molecule has 0 saturated heterocycles. The number of nitrogens with two attached hydrogens (primary N) is 1. The number of ether oxygens (including phenoxy) is 1. The summed E-state index contributed by atoms with van der Waals surface area (Å²) in [4.78, 5) is 0. The van der Waals surface area contributed by atoms with Crippen LogP contribution in [0.4, 0.5) is 0 Å². The summed E-state index contributed by atoms with van der Waals surface area (Å²) in [5.41, 5.74) is 6.52. The van der Waals surface area contributed by atoms with Crippen molar-refractivity contribution in [3.63, 3.8) is 0 Å². The SMILES string of the molecule is NCCC1Cc2cccc(O)c2O1. The zero-order valence-corrected chi connectivity index (χ0v) is 7.36. The quantitative estimate of drug-likeness (QED) is 0.713. The molecule has 1 aromatic rings. The van der Waals surface area contributed by atoms with Crippen LogP contribution in [0.2, 0.25) is 0 Å². The molecule has 0 fully saturated rings. The van der Waals surface area contributed by atoms with E-state index < -0.39 is 0 Å². The molecule has 1 atom stereocenters. The number of hydrogen-bond acceptors (Lipinski definition) is 3. The lowest BCUT2D eigenvalue weighted by atomic mass is 10.1. The largest absolute Gasteiger partial charge is 0.504 e. The fourth-order valence-electron chi connectivity index (χ4n) is 1.67. The normalized spacial score (nSPS) is 19.6. The molecule has 3 N–H and O–H groups in total. The Labute approximate surface area is 77.1 Å². The van der Waals surface area contributed by atoms with Crippen molar-refractivity contribution in [2.75, 3.05) is 6.54 Å². The predicted octanol–water partition coefficient (Wildman–Crippen LogP) is 1.04. The fraction of sp³-hybridized carbons (Fsp3) is 0.400. The Kier molecular flexibility index (Phi) is 2.10. The number of aromatic hydroxyl groups is 1. The Balaban J connectivity index is 2.20.